The van der Waals surface area contributed by atoms with Crippen LogP contribution >= 0.6 is 11.6 Å². The van der Waals surface area contributed by atoms with Gasteiger partial charge in [0.15, 0.2) is 0 Å². The highest BCUT2D eigenvalue weighted by Crippen LogP contribution is 2.21. The number of nitrogens with one attached hydrogen (secondary N) is 1. The van der Waals surface area contributed by atoms with Gasteiger partial charge >= 0.3 is 0 Å². The zero-order chi connectivity index (χ0) is 12.8. The van der Waals surface area contributed by atoms with Gasteiger partial charge in [0, 0.05) is 19.3 Å². The monoisotopic (exact) mass is 260 g/mol. The standard InChI is InChI=1S/C12H18ClFN2O/c1-15-6-5-10(17)8-16(2)9-3-4-12(14)11(13)7-9/h3-4,7,10,15,17H,5-6,8H2,1-2H3. The van der Waals surface area contributed by atoms with Crippen LogP contribution in [-0.2, 0) is 0 Å². The summed E-state index contributed by atoms with van der Waals surface area (Å²) in [6.45, 7) is 1.25. The van der Waals surface area contributed by atoms with Crippen molar-refractivity contribution in [3.8, 4) is 0 Å². The van der Waals surface area contributed by atoms with E-state index in [1.54, 1.807) is 12.1 Å². The molecule has 0 radical (unpaired) electrons. The number of hydrogen-bond donors (Lipinski definition) is 2. The predicted molar refractivity (Wildman–Crippen MR) is 69.2 cm³/mol. The largest absolute Gasteiger partial charge is 0.391 e. The van der Waals surface area contributed by atoms with E-state index in [0.29, 0.717) is 13.0 Å². The number of aliphatic hydroxyl groups is 1. The number of nitrogens with zero attached hydrogens (tertiary/aromatic N) is 1. The SMILES string of the molecule is CNCCC(O)CN(C)c1ccc(F)c(Cl)c1. The second kappa shape index (κ2) is 6.79. The molecule has 1 aromatic carbocycles. The minimum Gasteiger partial charge on any atom is -0.391 e. The van der Waals surface area contributed by atoms with Crippen LogP contribution in [-0.4, -0.2) is 38.4 Å². The third kappa shape index (κ3) is 4.50. The minimum absolute atomic E-state index is 0.0964. The molecule has 0 aromatic heterocycles. The summed E-state index contributed by atoms with van der Waals surface area (Å²) < 4.78 is 13.0. The fourth-order valence-corrected chi connectivity index (χ4v) is 1.72. The van der Waals surface area contributed by atoms with Gasteiger partial charge in [0.25, 0.3) is 0 Å². The van der Waals surface area contributed by atoms with Crippen molar-refractivity contribution >= 4 is 17.3 Å². The lowest BCUT2D eigenvalue weighted by Crippen LogP contribution is -2.31. The summed E-state index contributed by atoms with van der Waals surface area (Å²) in [7, 11) is 3.68. The van der Waals surface area contributed by atoms with Gasteiger partial charge in [-0.2, -0.15) is 0 Å². The van der Waals surface area contributed by atoms with Gasteiger partial charge in [-0.05, 0) is 38.2 Å². The first kappa shape index (κ1) is 14.2. The lowest BCUT2D eigenvalue weighted by molar-refractivity contribution is 0.171. The molecule has 1 atom stereocenters. The van der Waals surface area contributed by atoms with Crippen LogP contribution in [0.25, 0.3) is 0 Å². The summed E-state index contributed by atoms with van der Waals surface area (Å²) in [6.07, 6.45) is 0.256. The molecule has 0 amide bonds. The minimum atomic E-state index is -0.431. The lowest BCUT2D eigenvalue weighted by Gasteiger charge is -2.23. The molecule has 0 aliphatic rings. The number of aliphatic hydroxyl groups excluding tert-OH is 1. The maximum absolute atomic E-state index is 13.0. The number of hydrogen-bond acceptors (Lipinski definition) is 3. The molecule has 0 aliphatic carbocycles. The Balaban J connectivity index is 2.57. The molecule has 0 saturated heterocycles. The average molecular weight is 261 g/mol. The Kier molecular flexibility index (Phi) is 5.68. The molecule has 0 heterocycles. The van der Waals surface area contributed by atoms with Gasteiger partial charge in [-0.1, -0.05) is 11.6 Å². The van der Waals surface area contributed by atoms with Crippen molar-refractivity contribution in [2.75, 3.05) is 32.1 Å². The highest BCUT2D eigenvalue weighted by atomic mass is 35.5. The number of benzene rings is 1. The van der Waals surface area contributed by atoms with Gasteiger partial charge in [0.1, 0.15) is 5.82 Å². The van der Waals surface area contributed by atoms with E-state index in [-0.39, 0.29) is 5.02 Å². The topological polar surface area (TPSA) is 35.5 Å². The van der Waals surface area contributed by atoms with Crippen molar-refractivity contribution in [2.45, 2.75) is 12.5 Å². The van der Waals surface area contributed by atoms with Crippen molar-refractivity contribution in [3.05, 3.63) is 29.0 Å². The average Bonchev–Trinajstić information content (AvgIpc) is 2.30. The first-order chi connectivity index (χ1) is 8.04. The van der Waals surface area contributed by atoms with Crippen LogP contribution in [0.4, 0.5) is 10.1 Å². The van der Waals surface area contributed by atoms with Crippen LogP contribution in [0.2, 0.25) is 5.02 Å². The van der Waals surface area contributed by atoms with E-state index < -0.39 is 11.9 Å². The van der Waals surface area contributed by atoms with Crippen LogP contribution < -0.4 is 10.2 Å². The summed E-state index contributed by atoms with van der Waals surface area (Å²) in [5.74, 6) is -0.431. The highest BCUT2D eigenvalue weighted by Gasteiger charge is 2.10. The van der Waals surface area contributed by atoms with Gasteiger partial charge in [0.05, 0.1) is 11.1 Å². The maximum Gasteiger partial charge on any atom is 0.141 e. The Labute approximate surface area is 106 Å². The Hall–Kier alpha value is -0.840. The molecule has 1 rings (SSSR count). The maximum atomic E-state index is 13.0. The molecule has 0 aliphatic heterocycles. The molecule has 3 nitrogen and oxygen atoms in total. The molecule has 2 N–H and O–H groups in total. The summed E-state index contributed by atoms with van der Waals surface area (Å²) in [5.41, 5.74) is 0.792. The third-order valence-electron chi connectivity index (χ3n) is 2.56. The van der Waals surface area contributed by atoms with Gasteiger partial charge in [0.2, 0.25) is 0 Å². The normalized spacial score (nSPS) is 12.5. The summed E-state index contributed by atoms with van der Waals surface area (Å²) >= 11 is 5.70. The fraction of sp³-hybridized carbons (Fsp3) is 0.500. The Morgan fingerprint density at radius 2 is 2.24 bits per heavy atom. The number of anilines is 1. The lowest BCUT2D eigenvalue weighted by atomic mass is 10.2. The van der Waals surface area contributed by atoms with Crippen molar-refractivity contribution in [2.24, 2.45) is 0 Å². The Bertz CT molecular complexity index is 362. The van der Waals surface area contributed by atoms with Crippen LogP contribution in [0.1, 0.15) is 6.42 Å². The zero-order valence-corrected chi connectivity index (χ0v) is 10.8. The van der Waals surface area contributed by atoms with Gasteiger partial charge in [-0.3, -0.25) is 0 Å². The smallest absolute Gasteiger partial charge is 0.141 e. The summed E-state index contributed by atoms with van der Waals surface area (Å²) in [6, 6.07) is 4.53. The molecule has 96 valence electrons. The molecule has 0 spiro atoms. The van der Waals surface area contributed by atoms with Crippen LogP contribution in [0.15, 0.2) is 18.2 Å². The van der Waals surface area contributed by atoms with Crippen molar-refractivity contribution in [3.63, 3.8) is 0 Å². The van der Waals surface area contributed by atoms with E-state index in [1.807, 2.05) is 19.0 Å². The van der Waals surface area contributed by atoms with Crippen LogP contribution in [0, 0.1) is 5.82 Å². The summed E-state index contributed by atoms with van der Waals surface area (Å²) in [5, 5.41) is 12.8. The van der Waals surface area contributed by atoms with Crippen LogP contribution in [0.3, 0.4) is 0 Å². The first-order valence-electron chi connectivity index (χ1n) is 5.53. The Morgan fingerprint density at radius 3 is 2.82 bits per heavy atom. The van der Waals surface area contributed by atoms with Crippen molar-refractivity contribution in [1.82, 2.24) is 5.32 Å². The molecule has 0 fully saturated rings. The molecule has 1 unspecified atom stereocenters. The van der Waals surface area contributed by atoms with E-state index in [0.717, 1.165) is 12.2 Å². The van der Waals surface area contributed by atoms with Gasteiger partial charge in [-0.25, -0.2) is 4.39 Å². The molecular weight excluding hydrogens is 243 g/mol. The Morgan fingerprint density at radius 1 is 1.53 bits per heavy atom. The second-order valence-corrected chi connectivity index (χ2v) is 4.43. The molecule has 17 heavy (non-hydrogen) atoms. The van der Waals surface area contributed by atoms with E-state index in [4.69, 9.17) is 11.6 Å². The van der Waals surface area contributed by atoms with E-state index in [1.165, 1.54) is 6.07 Å². The molecule has 1 aromatic rings. The molecule has 0 saturated carbocycles. The van der Waals surface area contributed by atoms with Crippen molar-refractivity contribution < 1.29 is 9.50 Å². The first-order valence-corrected chi connectivity index (χ1v) is 5.91. The predicted octanol–water partition coefficient (Wildman–Crippen LogP) is 1.89. The zero-order valence-electron chi connectivity index (χ0n) is 10.1. The number of halogens is 2. The van der Waals surface area contributed by atoms with E-state index in [9.17, 15) is 9.50 Å². The number of rotatable bonds is 6. The quantitative estimate of drug-likeness (QED) is 0.820. The fourth-order valence-electron chi connectivity index (χ4n) is 1.55. The van der Waals surface area contributed by atoms with Gasteiger partial charge < -0.3 is 15.3 Å². The molecular formula is C12H18ClFN2O. The van der Waals surface area contributed by atoms with E-state index in [2.05, 4.69) is 5.32 Å². The second-order valence-electron chi connectivity index (χ2n) is 4.02. The van der Waals surface area contributed by atoms with Gasteiger partial charge in [-0.15, -0.1) is 0 Å². The summed E-state index contributed by atoms with van der Waals surface area (Å²) in [4.78, 5) is 1.85. The highest BCUT2D eigenvalue weighted by molar-refractivity contribution is 6.31. The third-order valence-corrected chi connectivity index (χ3v) is 2.85. The molecule has 0 bridgehead atoms. The van der Waals surface area contributed by atoms with Crippen LogP contribution in [0.5, 0.6) is 0 Å². The number of likely N-dealkylation sites (N-methyl/N-ethyl adjacent to an activating group) is 1. The van der Waals surface area contributed by atoms with Crippen molar-refractivity contribution in [1.29, 1.82) is 0 Å². The molecule has 5 heteroatoms. The van der Waals surface area contributed by atoms with E-state index >= 15 is 0 Å².